The number of hydrogen-bond donors (Lipinski definition) is 2. The molecule has 0 fully saturated rings. The molecule has 0 saturated heterocycles. The highest BCUT2D eigenvalue weighted by atomic mass is 32.2. The fourth-order valence-electron chi connectivity index (χ4n) is 3.55. The lowest BCUT2D eigenvalue weighted by atomic mass is 9.84. The largest absolute Gasteiger partial charge is 0.481 e. The number of carboxylic acids is 1. The van der Waals surface area contributed by atoms with Crippen LogP contribution in [-0.4, -0.2) is 28.0 Å². The number of aliphatic hydroxyl groups is 1. The summed E-state index contributed by atoms with van der Waals surface area (Å²) >= 11 is 1.84. The van der Waals surface area contributed by atoms with Crippen molar-refractivity contribution >= 4 is 17.7 Å². The number of carbonyl (C=O) groups is 1. The molecule has 3 aromatic carbocycles. The first-order chi connectivity index (χ1) is 14.6. The lowest BCUT2D eigenvalue weighted by Gasteiger charge is -2.35. The van der Waals surface area contributed by atoms with Gasteiger partial charge in [0.2, 0.25) is 0 Å². The third kappa shape index (κ3) is 5.41. The van der Waals surface area contributed by atoms with E-state index in [9.17, 15) is 9.90 Å². The molecule has 2 N–H and O–H groups in total. The van der Waals surface area contributed by atoms with Gasteiger partial charge in [-0.15, -0.1) is 11.8 Å². The smallest absolute Gasteiger partial charge is 0.306 e. The fourth-order valence-corrected chi connectivity index (χ4v) is 5.02. The van der Waals surface area contributed by atoms with E-state index in [0.29, 0.717) is 0 Å². The number of allylic oxidation sites excluding steroid dienone is 1. The molecule has 3 rings (SSSR count). The first-order valence-electron chi connectivity index (χ1n) is 10.00. The van der Waals surface area contributed by atoms with E-state index in [4.69, 9.17) is 5.11 Å². The Bertz CT molecular complexity index is 843. The van der Waals surface area contributed by atoms with E-state index in [1.807, 2.05) is 36.0 Å². The molecule has 1 atom stereocenters. The third-order valence-corrected chi connectivity index (χ3v) is 6.47. The van der Waals surface area contributed by atoms with Gasteiger partial charge in [-0.1, -0.05) is 103 Å². The van der Waals surface area contributed by atoms with Gasteiger partial charge >= 0.3 is 5.97 Å². The lowest BCUT2D eigenvalue weighted by molar-refractivity contribution is -0.138. The van der Waals surface area contributed by atoms with Crippen LogP contribution in [0, 0.1) is 0 Å². The quantitative estimate of drug-likeness (QED) is 0.260. The number of rotatable bonds is 10. The Labute approximate surface area is 182 Å². The zero-order valence-electron chi connectivity index (χ0n) is 16.7. The highest BCUT2D eigenvalue weighted by Gasteiger charge is 2.36. The van der Waals surface area contributed by atoms with Crippen LogP contribution in [-0.2, 0) is 9.54 Å². The van der Waals surface area contributed by atoms with Crippen LogP contribution in [0.25, 0.3) is 0 Å². The summed E-state index contributed by atoms with van der Waals surface area (Å²) in [6.45, 7) is 0. The zero-order chi connectivity index (χ0) is 21.2. The standard InChI is InChI=1S/C26H26O3S/c27-24(20-25(28)29)18-10-11-19-30-26(21-12-4-1-5-13-21,22-14-6-2-7-15-22)23-16-8-3-9-17-23/h1-10,12-18,24,27H,11,19-20H2,(H,28,29)/t24-/m1/s1. The van der Waals surface area contributed by atoms with Crippen molar-refractivity contribution in [3.63, 3.8) is 0 Å². The van der Waals surface area contributed by atoms with Gasteiger partial charge in [-0.05, 0) is 28.9 Å². The van der Waals surface area contributed by atoms with Gasteiger partial charge in [-0.2, -0.15) is 0 Å². The molecular weight excluding hydrogens is 392 g/mol. The molecule has 0 heterocycles. The van der Waals surface area contributed by atoms with E-state index in [1.165, 1.54) is 16.7 Å². The predicted octanol–water partition coefficient (Wildman–Crippen LogP) is 5.49. The summed E-state index contributed by atoms with van der Waals surface area (Å²) in [7, 11) is 0. The maximum absolute atomic E-state index is 10.7. The van der Waals surface area contributed by atoms with E-state index >= 15 is 0 Å². The molecule has 3 nitrogen and oxygen atoms in total. The van der Waals surface area contributed by atoms with Gasteiger partial charge in [0.1, 0.15) is 0 Å². The van der Waals surface area contributed by atoms with Crippen LogP contribution in [0.3, 0.4) is 0 Å². The second-order valence-electron chi connectivity index (χ2n) is 7.01. The summed E-state index contributed by atoms with van der Waals surface area (Å²) in [5.41, 5.74) is 3.63. The van der Waals surface area contributed by atoms with Crippen molar-refractivity contribution in [3.8, 4) is 0 Å². The van der Waals surface area contributed by atoms with Gasteiger partial charge in [0, 0.05) is 0 Å². The number of hydrogen-bond acceptors (Lipinski definition) is 3. The molecule has 154 valence electrons. The summed E-state index contributed by atoms with van der Waals surface area (Å²) in [6.07, 6.45) is 2.95. The van der Waals surface area contributed by atoms with Gasteiger partial charge in [0.25, 0.3) is 0 Å². The number of thioether (sulfide) groups is 1. The van der Waals surface area contributed by atoms with Gasteiger partial charge in [0.05, 0.1) is 17.3 Å². The minimum absolute atomic E-state index is 0.272. The molecule has 0 spiro atoms. The van der Waals surface area contributed by atoms with E-state index in [1.54, 1.807) is 6.08 Å². The SMILES string of the molecule is O=C(O)C[C@H](O)C=CCCSC(c1ccccc1)(c1ccccc1)c1ccccc1. The van der Waals surface area contributed by atoms with Crippen LogP contribution >= 0.6 is 11.8 Å². The normalized spacial score (nSPS) is 12.7. The van der Waals surface area contributed by atoms with Crippen LogP contribution in [0.5, 0.6) is 0 Å². The maximum Gasteiger partial charge on any atom is 0.306 e. The topological polar surface area (TPSA) is 57.5 Å². The number of aliphatic carboxylic acids is 1. The number of carboxylic acid groups (broad SMARTS) is 1. The van der Waals surface area contributed by atoms with Crippen molar-refractivity contribution in [2.24, 2.45) is 0 Å². The Morgan fingerprint density at radius 3 is 1.67 bits per heavy atom. The second-order valence-corrected chi connectivity index (χ2v) is 8.32. The highest BCUT2D eigenvalue weighted by molar-refractivity contribution is 8.00. The molecule has 30 heavy (non-hydrogen) atoms. The van der Waals surface area contributed by atoms with Gasteiger partial charge < -0.3 is 10.2 Å². The van der Waals surface area contributed by atoms with Gasteiger partial charge in [-0.25, -0.2) is 0 Å². The third-order valence-electron chi connectivity index (χ3n) is 4.89. The van der Waals surface area contributed by atoms with Crippen molar-refractivity contribution in [2.75, 3.05) is 5.75 Å². The zero-order valence-corrected chi connectivity index (χ0v) is 17.5. The van der Waals surface area contributed by atoms with Crippen molar-refractivity contribution in [2.45, 2.75) is 23.7 Å². The van der Waals surface area contributed by atoms with Crippen LogP contribution in [0.2, 0.25) is 0 Å². The van der Waals surface area contributed by atoms with Crippen LogP contribution in [0.1, 0.15) is 29.5 Å². The molecule has 0 unspecified atom stereocenters. The van der Waals surface area contributed by atoms with Gasteiger partial charge in [0.15, 0.2) is 0 Å². The molecule has 0 radical (unpaired) electrons. The second kappa shape index (κ2) is 10.8. The fraction of sp³-hybridized carbons (Fsp3) is 0.192. The molecule has 0 aromatic heterocycles. The Kier molecular flexibility index (Phi) is 7.89. The lowest BCUT2D eigenvalue weighted by Crippen LogP contribution is -2.26. The van der Waals surface area contributed by atoms with E-state index in [2.05, 4.69) is 72.8 Å². The van der Waals surface area contributed by atoms with Crippen LogP contribution in [0.15, 0.2) is 103 Å². The van der Waals surface area contributed by atoms with Crippen LogP contribution < -0.4 is 0 Å². The first kappa shape index (κ1) is 21.9. The Balaban J connectivity index is 1.92. The molecule has 0 aliphatic heterocycles. The van der Waals surface area contributed by atoms with Crippen LogP contribution in [0.4, 0.5) is 0 Å². The molecule has 0 bridgehead atoms. The van der Waals surface area contributed by atoms with Crippen molar-refractivity contribution in [3.05, 3.63) is 120 Å². The highest BCUT2D eigenvalue weighted by Crippen LogP contribution is 2.48. The summed E-state index contributed by atoms with van der Waals surface area (Å²) in [4.78, 5) is 10.7. The monoisotopic (exact) mass is 418 g/mol. The average Bonchev–Trinajstić information content (AvgIpc) is 2.78. The average molecular weight is 419 g/mol. The van der Waals surface area contributed by atoms with E-state index in [-0.39, 0.29) is 11.2 Å². The summed E-state index contributed by atoms with van der Waals surface area (Å²) < 4.78 is -0.364. The molecule has 4 heteroatoms. The van der Waals surface area contributed by atoms with Crippen molar-refractivity contribution in [1.29, 1.82) is 0 Å². The minimum Gasteiger partial charge on any atom is -0.481 e. The Hall–Kier alpha value is -2.82. The molecule has 3 aromatic rings. The molecule has 0 amide bonds. The maximum atomic E-state index is 10.7. The summed E-state index contributed by atoms with van der Waals surface area (Å²) in [5, 5.41) is 18.5. The molecule has 0 saturated carbocycles. The van der Waals surface area contributed by atoms with Crippen molar-refractivity contribution < 1.29 is 15.0 Å². The number of aliphatic hydroxyl groups excluding tert-OH is 1. The molecule has 0 aliphatic rings. The minimum atomic E-state index is -1.00. The van der Waals surface area contributed by atoms with Gasteiger partial charge in [-0.3, -0.25) is 4.79 Å². The summed E-state index contributed by atoms with van der Waals surface area (Å²) in [6, 6.07) is 31.5. The molecule has 0 aliphatic carbocycles. The predicted molar refractivity (Wildman–Crippen MR) is 124 cm³/mol. The molecular formula is C26H26O3S. The number of benzene rings is 3. The summed E-state index contributed by atoms with van der Waals surface area (Å²) in [5.74, 6) is -0.188. The Morgan fingerprint density at radius 2 is 1.27 bits per heavy atom. The van der Waals surface area contributed by atoms with E-state index in [0.717, 1.165) is 12.2 Å². The van der Waals surface area contributed by atoms with E-state index < -0.39 is 12.1 Å². The Morgan fingerprint density at radius 1 is 0.833 bits per heavy atom. The first-order valence-corrected chi connectivity index (χ1v) is 11.0. The van der Waals surface area contributed by atoms with Crippen molar-refractivity contribution in [1.82, 2.24) is 0 Å².